The minimum atomic E-state index is -0.715. The Balaban J connectivity index is 1.58. The van der Waals surface area contributed by atoms with Gasteiger partial charge >= 0.3 is 5.97 Å². The third kappa shape index (κ3) is 2.77. The molecule has 3 rings (SSSR count). The van der Waals surface area contributed by atoms with Gasteiger partial charge in [0.15, 0.2) is 0 Å². The van der Waals surface area contributed by atoms with Gasteiger partial charge in [-0.1, -0.05) is 12.8 Å². The van der Waals surface area contributed by atoms with Gasteiger partial charge in [0, 0.05) is 19.5 Å². The Labute approximate surface area is 114 Å². The van der Waals surface area contributed by atoms with Crippen LogP contribution in [0.5, 0.6) is 0 Å². The van der Waals surface area contributed by atoms with Crippen molar-refractivity contribution in [3.05, 3.63) is 0 Å². The molecule has 1 saturated heterocycles. The molecule has 1 amide bonds. The second kappa shape index (κ2) is 5.14. The lowest BCUT2D eigenvalue weighted by Crippen LogP contribution is -2.31. The quantitative estimate of drug-likeness (QED) is 0.847. The molecule has 1 aliphatic heterocycles. The fraction of sp³-hybridized carbons (Fsp3) is 0.867. The highest BCUT2D eigenvalue weighted by Gasteiger charge is 2.46. The van der Waals surface area contributed by atoms with E-state index in [9.17, 15) is 14.7 Å². The van der Waals surface area contributed by atoms with Crippen LogP contribution in [-0.2, 0) is 9.59 Å². The molecule has 2 aliphatic carbocycles. The van der Waals surface area contributed by atoms with E-state index in [1.807, 2.05) is 4.90 Å². The van der Waals surface area contributed by atoms with E-state index >= 15 is 0 Å². The molecule has 2 saturated carbocycles. The van der Waals surface area contributed by atoms with Gasteiger partial charge in [-0.2, -0.15) is 0 Å². The number of aliphatic carboxylic acids is 1. The summed E-state index contributed by atoms with van der Waals surface area (Å²) >= 11 is 0. The molecule has 1 heterocycles. The summed E-state index contributed by atoms with van der Waals surface area (Å²) in [5.74, 6) is 0.487. The molecule has 0 unspecified atom stereocenters. The Morgan fingerprint density at radius 3 is 2.32 bits per heavy atom. The third-order valence-electron chi connectivity index (χ3n) is 5.20. The maximum Gasteiger partial charge on any atom is 0.308 e. The van der Waals surface area contributed by atoms with Crippen LogP contribution in [0.3, 0.4) is 0 Å². The summed E-state index contributed by atoms with van der Waals surface area (Å²) < 4.78 is 0. The van der Waals surface area contributed by atoms with Gasteiger partial charge in [0.1, 0.15) is 0 Å². The van der Waals surface area contributed by atoms with Crippen molar-refractivity contribution in [3.63, 3.8) is 0 Å². The van der Waals surface area contributed by atoms with Crippen LogP contribution in [0.4, 0.5) is 0 Å². The maximum atomic E-state index is 12.3. The molecule has 4 heteroatoms. The molecule has 19 heavy (non-hydrogen) atoms. The van der Waals surface area contributed by atoms with Crippen LogP contribution in [0.25, 0.3) is 0 Å². The van der Waals surface area contributed by atoms with Crippen molar-refractivity contribution in [3.8, 4) is 0 Å². The summed E-state index contributed by atoms with van der Waals surface area (Å²) in [6, 6.07) is 0. The first-order valence-corrected chi connectivity index (χ1v) is 7.65. The van der Waals surface area contributed by atoms with E-state index in [1.54, 1.807) is 0 Å². The molecule has 0 aromatic rings. The average molecular weight is 265 g/mol. The predicted molar refractivity (Wildman–Crippen MR) is 70.5 cm³/mol. The first-order valence-electron chi connectivity index (χ1n) is 7.65. The van der Waals surface area contributed by atoms with Gasteiger partial charge in [-0.05, 0) is 43.4 Å². The fourth-order valence-electron chi connectivity index (χ4n) is 3.89. The molecule has 3 fully saturated rings. The number of hydrogen-bond acceptors (Lipinski definition) is 2. The van der Waals surface area contributed by atoms with Gasteiger partial charge in [0.05, 0.1) is 5.92 Å². The van der Waals surface area contributed by atoms with Gasteiger partial charge < -0.3 is 10.0 Å². The highest BCUT2D eigenvalue weighted by atomic mass is 16.4. The molecule has 0 aromatic carbocycles. The Morgan fingerprint density at radius 1 is 1.05 bits per heavy atom. The number of rotatable bonds is 4. The molecule has 4 nitrogen and oxygen atoms in total. The van der Waals surface area contributed by atoms with Crippen molar-refractivity contribution in [2.75, 3.05) is 13.1 Å². The van der Waals surface area contributed by atoms with Gasteiger partial charge in [0.2, 0.25) is 5.91 Å². The van der Waals surface area contributed by atoms with Crippen molar-refractivity contribution < 1.29 is 14.7 Å². The molecule has 0 aromatic heterocycles. The highest BCUT2D eigenvalue weighted by molar-refractivity contribution is 5.79. The van der Waals surface area contributed by atoms with E-state index in [4.69, 9.17) is 0 Å². The van der Waals surface area contributed by atoms with Crippen molar-refractivity contribution in [2.45, 2.75) is 44.9 Å². The first kappa shape index (κ1) is 12.9. The summed E-state index contributed by atoms with van der Waals surface area (Å²) in [6.07, 6.45) is 7.80. The van der Waals surface area contributed by atoms with Crippen molar-refractivity contribution >= 4 is 11.9 Å². The Bertz CT molecular complexity index is 372. The summed E-state index contributed by atoms with van der Waals surface area (Å²) in [7, 11) is 0. The second-order valence-corrected chi connectivity index (χ2v) is 6.60. The predicted octanol–water partition coefficient (Wildman–Crippen LogP) is 2.14. The third-order valence-corrected chi connectivity index (χ3v) is 5.20. The summed E-state index contributed by atoms with van der Waals surface area (Å²) in [5.41, 5.74) is 0. The number of amides is 1. The van der Waals surface area contributed by atoms with Gasteiger partial charge in [-0.15, -0.1) is 0 Å². The molecule has 0 spiro atoms. The zero-order valence-corrected chi connectivity index (χ0v) is 11.4. The number of likely N-dealkylation sites (tertiary alicyclic amines) is 1. The normalized spacial score (nSPS) is 31.9. The van der Waals surface area contributed by atoms with Crippen LogP contribution < -0.4 is 0 Å². The SMILES string of the molecule is O=C(O)[C@H]1CN(C(=O)CC2CCCC2)C[C@@H]1C1CC1. The summed E-state index contributed by atoms with van der Waals surface area (Å²) in [6.45, 7) is 1.13. The first-order chi connectivity index (χ1) is 9.15. The number of carbonyl (C=O) groups is 2. The van der Waals surface area contributed by atoms with E-state index in [0.717, 1.165) is 12.8 Å². The molecule has 2 atom stereocenters. The van der Waals surface area contributed by atoms with Gasteiger partial charge in [0.25, 0.3) is 0 Å². The minimum absolute atomic E-state index is 0.196. The number of nitrogens with zero attached hydrogens (tertiary/aromatic N) is 1. The van der Waals surface area contributed by atoms with Crippen molar-refractivity contribution in [1.29, 1.82) is 0 Å². The topological polar surface area (TPSA) is 57.6 Å². The zero-order valence-electron chi connectivity index (χ0n) is 11.4. The van der Waals surface area contributed by atoms with Crippen molar-refractivity contribution in [1.82, 2.24) is 4.90 Å². The van der Waals surface area contributed by atoms with Gasteiger partial charge in [-0.3, -0.25) is 9.59 Å². The van der Waals surface area contributed by atoms with Crippen LogP contribution in [0, 0.1) is 23.7 Å². The van der Waals surface area contributed by atoms with Crippen LogP contribution >= 0.6 is 0 Å². The number of carboxylic acids is 1. The molecule has 1 N–H and O–H groups in total. The number of hydrogen-bond donors (Lipinski definition) is 1. The molecule has 106 valence electrons. The van der Waals surface area contributed by atoms with E-state index < -0.39 is 5.97 Å². The lowest BCUT2D eigenvalue weighted by molar-refractivity contribution is -0.142. The van der Waals surface area contributed by atoms with Crippen LogP contribution in [0.1, 0.15) is 44.9 Å². The lowest BCUT2D eigenvalue weighted by atomic mass is 9.92. The zero-order chi connectivity index (χ0) is 13.4. The molecule has 0 bridgehead atoms. The van der Waals surface area contributed by atoms with Crippen molar-refractivity contribution in [2.24, 2.45) is 23.7 Å². The smallest absolute Gasteiger partial charge is 0.308 e. The summed E-state index contributed by atoms with van der Waals surface area (Å²) in [5, 5.41) is 9.31. The second-order valence-electron chi connectivity index (χ2n) is 6.60. The molecule has 0 radical (unpaired) electrons. The summed E-state index contributed by atoms with van der Waals surface area (Å²) in [4.78, 5) is 25.4. The minimum Gasteiger partial charge on any atom is -0.481 e. The number of carbonyl (C=O) groups excluding carboxylic acids is 1. The fourth-order valence-corrected chi connectivity index (χ4v) is 3.89. The van der Waals surface area contributed by atoms with E-state index in [2.05, 4.69) is 0 Å². The van der Waals surface area contributed by atoms with Crippen LogP contribution in [-0.4, -0.2) is 35.0 Å². The van der Waals surface area contributed by atoms with Crippen LogP contribution in [0.15, 0.2) is 0 Å². The lowest BCUT2D eigenvalue weighted by Gasteiger charge is -2.18. The van der Waals surface area contributed by atoms with Crippen LogP contribution in [0.2, 0.25) is 0 Å². The molecule has 3 aliphatic rings. The Hall–Kier alpha value is -1.06. The van der Waals surface area contributed by atoms with Gasteiger partial charge in [-0.25, -0.2) is 0 Å². The van der Waals surface area contributed by atoms with E-state index in [-0.39, 0.29) is 17.7 Å². The average Bonchev–Trinajstić information content (AvgIpc) is 2.92. The van der Waals surface area contributed by atoms with E-state index in [1.165, 1.54) is 25.7 Å². The largest absolute Gasteiger partial charge is 0.481 e. The molecular weight excluding hydrogens is 242 g/mol. The Morgan fingerprint density at radius 2 is 1.74 bits per heavy atom. The monoisotopic (exact) mass is 265 g/mol. The van der Waals surface area contributed by atoms with E-state index in [0.29, 0.717) is 31.3 Å². The Kier molecular flexibility index (Phi) is 3.50. The number of carboxylic acid groups (broad SMARTS) is 1. The standard InChI is InChI=1S/C15H23NO3/c17-14(7-10-3-1-2-4-10)16-8-12(11-5-6-11)13(9-16)15(18)19/h10-13H,1-9H2,(H,18,19)/t12-,13+/m1/s1. The maximum absolute atomic E-state index is 12.3. The molecular formula is C15H23NO3. The highest BCUT2D eigenvalue weighted by Crippen LogP contribution is 2.44.